The van der Waals surface area contributed by atoms with Crippen molar-refractivity contribution in [3.63, 3.8) is 0 Å². The molecule has 2 heterocycles. The van der Waals surface area contributed by atoms with Gasteiger partial charge in [-0.3, -0.25) is 0 Å². The maximum Gasteiger partial charge on any atom is 0.0546 e. The Kier molecular flexibility index (Phi) is 5.63. The number of rotatable bonds is 5. The number of hydrogen-bond donors (Lipinski definition) is 1. The van der Waals surface area contributed by atoms with Crippen molar-refractivity contribution >= 4 is 0 Å². The zero-order valence-corrected chi connectivity index (χ0v) is 13.0. The molecule has 4 heteroatoms. The van der Waals surface area contributed by atoms with Crippen LogP contribution in [0.4, 0.5) is 0 Å². The lowest BCUT2D eigenvalue weighted by atomic mass is 9.81. The Labute approximate surface area is 118 Å². The van der Waals surface area contributed by atoms with Gasteiger partial charge in [-0.05, 0) is 53.4 Å². The molecule has 0 bridgehead atoms. The smallest absolute Gasteiger partial charge is 0.0546 e. The van der Waals surface area contributed by atoms with Crippen molar-refractivity contribution in [1.29, 1.82) is 0 Å². The topological polar surface area (TPSA) is 27.7 Å². The fourth-order valence-corrected chi connectivity index (χ4v) is 3.76. The molecule has 2 atom stereocenters. The third kappa shape index (κ3) is 4.15. The van der Waals surface area contributed by atoms with Crippen LogP contribution in [0, 0.1) is 5.41 Å². The van der Waals surface area contributed by atoms with Gasteiger partial charge < -0.3 is 19.9 Å². The molecule has 0 aromatic heterocycles. The summed E-state index contributed by atoms with van der Waals surface area (Å²) in [6, 6.07) is 0.717. The molecule has 19 heavy (non-hydrogen) atoms. The molecule has 0 aromatic rings. The second-order valence-electron chi connectivity index (χ2n) is 6.66. The predicted octanol–water partition coefficient (Wildman–Crippen LogP) is 1.03. The first kappa shape index (κ1) is 15.2. The van der Waals surface area contributed by atoms with E-state index in [0.29, 0.717) is 5.41 Å². The molecular weight excluding hydrogens is 238 g/mol. The van der Waals surface area contributed by atoms with Crippen LogP contribution in [-0.4, -0.2) is 76.4 Å². The van der Waals surface area contributed by atoms with Crippen molar-refractivity contribution in [2.24, 2.45) is 5.41 Å². The van der Waals surface area contributed by atoms with Crippen molar-refractivity contribution in [2.75, 3.05) is 60.5 Å². The highest BCUT2D eigenvalue weighted by molar-refractivity contribution is 4.89. The van der Waals surface area contributed by atoms with Gasteiger partial charge in [-0.1, -0.05) is 0 Å². The van der Waals surface area contributed by atoms with Gasteiger partial charge in [0.25, 0.3) is 0 Å². The maximum absolute atomic E-state index is 5.77. The van der Waals surface area contributed by atoms with Gasteiger partial charge in [0.2, 0.25) is 0 Å². The lowest BCUT2D eigenvalue weighted by Gasteiger charge is -2.44. The van der Waals surface area contributed by atoms with Crippen molar-refractivity contribution in [3.8, 4) is 0 Å². The molecule has 0 radical (unpaired) electrons. The summed E-state index contributed by atoms with van der Waals surface area (Å²) in [7, 11) is 6.60. The van der Waals surface area contributed by atoms with Crippen LogP contribution in [0.5, 0.6) is 0 Å². The number of likely N-dealkylation sites (N-methyl/N-ethyl adjacent to an activating group) is 2. The van der Waals surface area contributed by atoms with Crippen LogP contribution in [0.15, 0.2) is 0 Å². The summed E-state index contributed by atoms with van der Waals surface area (Å²) in [4.78, 5) is 5.05. The Morgan fingerprint density at radius 2 is 2.26 bits per heavy atom. The van der Waals surface area contributed by atoms with E-state index in [-0.39, 0.29) is 0 Å². The highest BCUT2D eigenvalue weighted by atomic mass is 16.5. The van der Waals surface area contributed by atoms with Crippen molar-refractivity contribution in [2.45, 2.75) is 31.7 Å². The summed E-state index contributed by atoms with van der Waals surface area (Å²) in [5.41, 5.74) is 0.317. The monoisotopic (exact) mass is 269 g/mol. The van der Waals surface area contributed by atoms with E-state index in [1.807, 2.05) is 0 Å². The third-order valence-electron chi connectivity index (χ3n) is 4.76. The normalized spacial score (nSPS) is 33.8. The molecule has 2 unspecified atom stereocenters. The molecule has 2 aliphatic rings. The van der Waals surface area contributed by atoms with Crippen LogP contribution < -0.4 is 5.32 Å². The largest absolute Gasteiger partial charge is 0.381 e. The van der Waals surface area contributed by atoms with E-state index >= 15 is 0 Å². The van der Waals surface area contributed by atoms with E-state index in [1.165, 1.54) is 38.8 Å². The minimum atomic E-state index is 0.317. The molecule has 0 aliphatic carbocycles. The van der Waals surface area contributed by atoms with Crippen LogP contribution >= 0.6 is 0 Å². The minimum absolute atomic E-state index is 0.317. The van der Waals surface area contributed by atoms with Crippen molar-refractivity contribution in [3.05, 3.63) is 0 Å². The quantitative estimate of drug-likeness (QED) is 0.807. The van der Waals surface area contributed by atoms with Crippen LogP contribution in [0.25, 0.3) is 0 Å². The van der Waals surface area contributed by atoms with Crippen LogP contribution in [-0.2, 0) is 4.74 Å². The molecule has 2 saturated heterocycles. The Bertz CT molecular complexity index is 261. The second-order valence-corrected chi connectivity index (χ2v) is 6.66. The van der Waals surface area contributed by atoms with E-state index in [9.17, 15) is 0 Å². The van der Waals surface area contributed by atoms with Crippen LogP contribution in [0.2, 0.25) is 0 Å². The van der Waals surface area contributed by atoms with Crippen LogP contribution in [0.1, 0.15) is 25.7 Å². The van der Waals surface area contributed by atoms with Crippen molar-refractivity contribution in [1.82, 2.24) is 15.1 Å². The van der Waals surface area contributed by atoms with E-state index in [2.05, 4.69) is 36.3 Å². The first-order valence-electron chi connectivity index (χ1n) is 7.76. The summed E-state index contributed by atoms with van der Waals surface area (Å²) < 4.78 is 5.77. The number of likely N-dealkylation sites (tertiary alicyclic amines) is 1. The fourth-order valence-electron chi connectivity index (χ4n) is 3.76. The van der Waals surface area contributed by atoms with Gasteiger partial charge in [0.1, 0.15) is 0 Å². The van der Waals surface area contributed by atoms with E-state index < -0.39 is 0 Å². The van der Waals surface area contributed by atoms with Gasteiger partial charge >= 0.3 is 0 Å². The summed E-state index contributed by atoms with van der Waals surface area (Å²) in [6.45, 7) is 6.57. The molecule has 0 aromatic carbocycles. The highest BCUT2D eigenvalue weighted by Crippen LogP contribution is 2.30. The molecule has 0 spiro atoms. The zero-order chi connectivity index (χ0) is 13.7. The average molecular weight is 269 g/mol. The average Bonchev–Trinajstić information content (AvgIpc) is 2.40. The Balaban J connectivity index is 1.92. The molecule has 2 fully saturated rings. The molecule has 0 amide bonds. The Hall–Kier alpha value is -0.160. The minimum Gasteiger partial charge on any atom is -0.381 e. The van der Waals surface area contributed by atoms with E-state index in [0.717, 1.165) is 32.3 Å². The summed E-state index contributed by atoms with van der Waals surface area (Å²) >= 11 is 0. The molecule has 1 N–H and O–H groups in total. The molecule has 2 aliphatic heterocycles. The standard InChI is InChI=1S/C15H31N3O/c1-16-11-15(7-5-9-19-13-15)12-18(3)14-6-4-8-17(2)10-14/h14,16H,4-13H2,1-3H3. The molecule has 0 saturated carbocycles. The second kappa shape index (κ2) is 7.02. The summed E-state index contributed by atoms with van der Waals surface area (Å²) in [5.74, 6) is 0. The molecule has 4 nitrogen and oxygen atoms in total. The lowest BCUT2D eigenvalue weighted by Crippen LogP contribution is -2.52. The molecule has 2 rings (SSSR count). The van der Waals surface area contributed by atoms with E-state index in [4.69, 9.17) is 4.74 Å². The summed E-state index contributed by atoms with van der Waals surface area (Å²) in [5, 5.41) is 3.38. The van der Waals surface area contributed by atoms with Gasteiger partial charge in [0, 0.05) is 37.7 Å². The number of ether oxygens (including phenoxy) is 1. The number of hydrogen-bond acceptors (Lipinski definition) is 4. The third-order valence-corrected chi connectivity index (χ3v) is 4.76. The summed E-state index contributed by atoms with van der Waals surface area (Å²) in [6.07, 6.45) is 5.18. The Morgan fingerprint density at radius 3 is 2.89 bits per heavy atom. The van der Waals surface area contributed by atoms with Crippen LogP contribution in [0.3, 0.4) is 0 Å². The van der Waals surface area contributed by atoms with Gasteiger partial charge in [-0.25, -0.2) is 0 Å². The van der Waals surface area contributed by atoms with Crippen molar-refractivity contribution < 1.29 is 4.74 Å². The molecule has 112 valence electrons. The SMILES string of the molecule is CNCC1(CN(C)C2CCCN(C)C2)CCCOC1. The first-order valence-corrected chi connectivity index (χ1v) is 7.76. The van der Waals surface area contributed by atoms with Gasteiger partial charge in [-0.15, -0.1) is 0 Å². The van der Waals surface area contributed by atoms with Gasteiger partial charge in [-0.2, -0.15) is 0 Å². The van der Waals surface area contributed by atoms with Gasteiger partial charge in [0.05, 0.1) is 6.61 Å². The first-order chi connectivity index (χ1) is 9.15. The zero-order valence-electron chi connectivity index (χ0n) is 13.0. The number of piperidine rings is 1. The maximum atomic E-state index is 5.77. The fraction of sp³-hybridized carbons (Fsp3) is 1.00. The molecular formula is C15H31N3O. The Morgan fingerprint density at radius 1 is 1.42 bits per heavy atom. The highest BCUT2D eigenvalue weighted by Gasteiger charge is 2.35. The lowest BCUT2D eigenvalue weighted by molar-refractivity contribution is -0.0317. The predicted molar refractivity (Wildman–Crippen MR) is 79.6 cm³/mol. The number of nitrogens with zero attached hydrogens (tertiary/aromatic N) is 2. The van der Waals surface area contributed by atoms with E-state index in [1.54, 1.807) is 0 Å². The van der Waals surface area contributed by atoms with Gasteiger partial charge in [0.15, 0.2) is 0 Å². The number of nitrogens with one attached hydrogen (secondary N) is 1.